The van der Waals surface area contributed by atoms with Gasteiger partial charge in [0.15, 0.2) is 0 Å². The SMILES string of the molecule is CCCCCCCCCC(=O)Nc1ccc(N(C)C)c(C(=O)NCCc2ccccc2)c1. The van der Waals surface area contributed by atoms with Crippen molar-refractivity contribution in [2.75, 3.05) is 30.9 Å². The molecular weight excluding hydrogens is 398 g/mol. The van der Waals surface area contributed by atoms with Crippen LogP contribution in [0.4, 0.5) is 11.4 Å². The molecule has 174 valence electrons. The summed E-state index contributed by atoms with van der Waals surface area (Å²) in [5.74, 6) is -0.126. The van der Waals surface area contributed by atoms with Gasteiger partial charge in [-0.15, -0.1) is 0 Å². The predicted octanol–water partition coefficient (Wildman–Crippen LogP) is 5.80. The molecule has 0 aliphatic rings. The maximum absolute atomic E-state index is 12.9. The molecule has 0 bridgehead atoms. The van der Waals surface area contributed by atoms with E-state index in [1.165, 1.54) is 37.7 Å². The first-order valence-electron chi connectivity index (χ1n) is 11.9. The average molecular weight is 438 g/mol. The van der Waals surface area contributed by atoms with Crippen LogP contribution in [0.1, 0.15) is 74.2 Å². The Kier molecular flexibility index (Phi) is 11.4. The molecule has 2 rings (SSSR count). The lowest BCUT2D eigenvalue weighted by atomic mass is 10.1. The van der Waals surface area contributed by atoms with Crippen LogP contribution >= 0.6 is 0 Å². The van der Waals surface area contributed by atoms with Crippen LogP contribution in [0.15, 0.2) is 48.5 Å². The van der Waals surface area contributed by atoms with Crippen LogP contribution in [0.5, 0.6) is 0 Å². The van der Waals surface area contributed by atoms with E-state index in [1.54, 1.807) is 6.07 Å². The van der Waals surface area contributed by atoms with Gasteiger partial charge < -0.3 is 15.5 Å². The summed E-state index contributed by atoms with van der Waals surface area (Å²) in [5.41, 5.74) is 3.24. The number of carbonyl (C=O) groups excluding carboxylic acids is 2. The highest BCUT2D eigenvalue weighted by atomic mass is 16.2. The molecule has 0 saturated heterocycles. The second-order valence-corrected chi connectivity index (χ2v) is 8.54. The lowest BCUT2D eigenvalue weighted by molar-refractivity contribution is -0.116. The molecule has 0 heterocycles. The van der Waals surface area contributed by atoms with Crippen molar-refractivity contribution in [3.63, 3.8) is 0 Å². The molecule has 0 radical (unpaired) electrons. The van der Waals surface area contributed by atoms with E-state index in [-0.39, 0.29) is 11.8 Å². The second-order valence-electron chi connectivity index (χ2n) is 8.54. The number of nitrogens with one attached hydrogen (secondary N) is 2. The molecule has 0 aliphatic carbocycles. The second kappa shape index (κ2) is 14.3. The number of benzene rings is 2. The number of hydrogen-bond acceptors (Lipinski definition) is 3. The molecule has 5 nitrogen and oxygen atoms in total. The molecule has 0 aromatic heterocycles. The van der Waals surface area contributed by atoms with Crippen molar-refractivity contribution in [2.24, 2.45) is 0 Å². The van der Waals surface area contributed by atoms with Gasteiger partial charge in [-0.2, -0.15) is 0 Å². The van der Waals surface area contributed by atoms with E-state index in [0.29, 0.717) is 24.2 Å². The van der Waals surface area contributed by atoms with Crippen molar-refractivity contribution < 1.29 is 9.59 Å². The van der Waals surface area contributed by atoms with Gasteiger partial charge in [-0.1, -0.05) is 75.8 Å². The van der Waals surface area contributed by atoms with E-state index in [0.717, 1.165) is 24.9 Å². The van der Waals surface area contributed by atoms with Crippen molar-refractivity contribution in [2.45, 2.75) is 64.7 Å². The topological polar surface area (TPSA) is 61.4 Å². The third-order valence-corrected chi connectivity index (χ3v) is 5.56. The van der Waals surface area contributed by atoms with Crippen LogP contribution < -0.4 is 15.5 Å². The molecule has 0 spiro atoms. The van der Waals surface area contributed by atoms with Gasteiger partial charge in [0.1, 0.15) is 0 Å². The monoisotopic (exact) mass is 437 g/mol. The highest BCUT2D eigenvalue weighted by Crippen LogP contribution is 2.23. The predicted molar refractivity (Wildman–Crippen MR) is 134 cm³/mol. The number of unbranched alkanes of at least 4 members (excludes halogenated alkanes) is 6. The molecule has 0 aliphatic heterocycles. The van der Waals surface area contributed by atoms with Gasteiger partial charge in [-0.25, -0.2) is 0 Å². The molecule has 0 atom stereocenters. The Morgan fingerprint density at radius 3 is 2.25 bits per heavy atom. The number of anilines is 2. The van der Waals surface area contributed by atoms with Crippen LogP contribution in [0.2, 0.25) is 0 Å². The summed E-state index contributed by atoms with van der Waals surface area (Å²) in [6.07, 6.45) is 9.57. The van der Waals surface area contributed by atoms with Crippen molar-refractivity contribution >= 4 is 23.2 Å². The Bertz CT molecular complexity index is 834. The minimum absolute atomic E-state index is 0.00611. The lowest BCUT2D eigenvalue weighted by Crippen LogP contribution is -2.28. The van der Waals surface area contributed by atoms with E-state index in [9.17, 15) is 9.59 Å². The highest BCUT2D eigenvalue weighted by molar-refractivity contribution is 6.02. The molecular formula is C27H39N3O2. The Hall–Kier alpha value is -2.82. The third-order valence-electron chi connectivity index (χ3n) is 5.56. The van der Waals surface area contributed by atoms with Crippen molar-refractivity contribution in [3.8, 4) is 0 Å². The lowest BCUT2D eigenvalue weighted by Gasteiger charge is -2.18. The van der Waals surface area contributed by atoms with E-state index < -0.39 is 0 Å². The van der Waals surface area contributed by atoms with E-state index >= 15 is 0 Å². The zero-order valence-corrected chi connectivity index (χ0v) is 20.0. The van der Waals surface area contributed by atoms with Crippen LogP contribution in [0.3, 0.4) is 0 Å². The molecule has 0 fully saturated rings. The van der Waals surface area contributed by atoms with Gasteiger partial charge in [0, 0.05) is 38.4 Å². The van der Waals surface area contributed by atoms with Crippen LogP contribution in [0, 0.1) is 0 Å². The van der Waals surface area contributed by atoms with Crippen molar-refractivity contribution in [1.82, 2.24) is 5.32 Å². The van der Waals surface area contributed by atoms with Crippen LogP contribution in [-0.4, -0.2) is 32.5 Å². The maximum atomic E-state index is 12.9. The van der Waals surface area contributed by atoms with Gasteiger partial charge in [-0.05, 0) is 36.6 Å². The smallest absolute Gasteiger partial charge is 0.253 e. The molecule has 2 aromatic carbocycles. The molecule has 2 N–H and O–H groups in total. The van der Waals surface area contributed by atoms with Crippen LogP contribution in [0.25, 0.3) is 0 Å². The Morgan fingerprint density at radius 1 is 0.875 bits per heavy atom. The van der Waals surface area contributed by atoms with Gasteiger partial charge >= 0.3 is 0 Å². The first-order valence-corrected chi connectivity index (χ1v) is 11.9. The fraction of sp³-hybridized carbons (Fsp3) is 0.481. The minimum atomic E-state index is -0.132. The molecule has 0 unspecified atom stereocenters. The zero-order chi connectivity index (χ0) is 23.2. The van der Waals surface area contributed by atoms with E-state index in [2.05, 4.69) is 29.7 Å². The fourth-order valence-corrected chi connectivity index (χ4v) is 3.71. The summed E-state index contributed by atoms with van der Waals surface area (Å²) in [6, 6.07) is 15.6. The highest BCUT2D eigenvalue weighted by Gasteiger charge is 2.14. The first-order chi connectivity index (χ1) is 15.5. The molecule has 0 saturated carbocycles. The number of nitrogens with zero attached hydrogens (tertiary/aromatic N) is 1. The largest absolute Gasteiger partial charge is 0.377 e. The van der Waals surface area contributed by atoms with Gasteiger partial charge in [0.25, 0.3) is 5.91 Å². The number of amides is 2. The third kappa shape index (κ3) is 9.13. The Balaban J connectivity index is 1.87. The number of rotatable bonds is 14. The Morgan fingerprint density at radius 2 is 1.56 bits per heavy atom. The summed E-state index contributed by atoms with van der Waals surface area (Å²) >= 11 is 0. The van der Waals surface area contributed by atoms with Gasteiger partial charge in [0.05, 0.1) is 5.56 Å². The summed E-state index contributed by atoms with van der Waals surface area (Å²) in [7, 11) is 3.82. The standard InChI is InChI=1S/C27H39N3O2/c1-4-5-6-7-8-9-13-16-26(31)29-23-17-18-25(30(2)3)24(21-23)27(32)28-20-19-22-14-11-10-12-15-22/h10-12,14-15,17-18,21H,4-9,13,16,19-20H2,1-3H3,(H,28,32)(H,29,31). The maximum Gasteiger partial charge on any atom is 0.253 e. The molecule has 2 aromatic rings. The summed E-state index contributed by atoms with van der Waals surface area (Å²) in [5, 5.41) is 5.97. The minimum Gasteiger partial charge on any atom is -0.377 e. The fourth-order valence-electron chi connectivity index (χ4n) is 3.71. The summed E-state index contributed by atoms with van der Waals surface area (Å²) in [4.78, 5) is 27.1. The quantitative estimate of drug-likeness (QED) is 0.367. The normalized spacial score (nSPS) is 10.6. The van der Waals surface area contributed by atoms with Gasteiger partial charge in [-0.3, -0.25) is 9.59 Å². The molecule has 5 heteroatoms. The summed E-state index contributed by atoms with van der Waals surface area (Å²) in [6.45, 7) is 2.78. The number of carbonyl (C=O) groups is 2. The van der Waals surface area contributed by atoms with Crippen LogP contribution in [-0.2, 0) is 11.2 Å². The molecule has 32 heavy (non-hydrogen) atoms. The van der Waals surface area contributed by atoms with Crippen molar-refractivity contribution in [1.29, 1.82) is 0 Å². The Labute approximate surface area is 193 Å². The summed E-state index contributed by atoms with van der Waals surface area (Å²) < 4.78 is 0. The zero-order valence-electron chi connectivity index (χ0n) is 20.0. The molecule has 2 amide bonds. The number of hydrogen-bond donors (Lipinski definition) is 2. The van der Waals surface area contributed by atoms with Gasteiger partial charge in [0.2, 0.25) is 5.91 Å². The van der Waals surface area contributed by atoms with E-state index in [1.807, 2.05) is 49.3 Å². The van der Waals surface area contributed by atoms with Crippen molar-refractivity contribution in [3.05, 3.63) is 59.7 Å². The first kappa shape index (κ1) is 25.4. The van der Waals surface area contributed by atoms with E-state index in [4.69, 9.17) is 0 Å². The average Bonchev–Trinajstić information content (AvgIpc) is 2.79.